The molecule has 2 N–H and O–H groups in total. The fourth-order valence-electron chi connectivity index (χ4n) is 1.99. The van der Waals surface area contributed by atoms with Crippen LogP contribution >= 0.6 is 11.8 Å². The van der Waals surface area contributed by atoms with Gasteiger partial charge in [0.25, 0.3) is 5.91 Å². The van der Waals surface area contributed by atoms with Crippen molar-refractivity contribution in [3.63, 3.8) is 0 Å². The molecule has 20 heavy (non-hydrogen) atoms. The van der Waals surface area contributed by atoms with Crippen molar-refractivity contribution in [3.8, 4) is 0 Å². The molecule has 1 heterocycles. The number of rotatable bonds is 6. The van der Waals surface area contributed by atoms with E-state index in [0.717, 1.165) is 22.6 Å². The first-order chi connectivity index (χ1) is 9.61. The minimum Gasteiger partial charge on any atom is -0.383 e. The van der Waals surface area contributed by atoms with Gasteiger partial charge in [-0.3, -0.25) is 4.79 Å². The molecule has 6 heteroatoms. The molecule has 1 atom stereocenters. The number of aromatic nitrogens is 2. The van der Waals surface area contributed by atoms with Crippen LogP contribution in [0.5, 0.6) is 0 Å². The molecule has 2 aromatic rings. The Morgan fingerprint density at radius 2 is 2.25 bits per heavy atom. The number of amides is 1. The third-order valence-electron chi connectivity index (χ3n) is 3.08. The van der Waals surface area contributed by atoms with Crippen LogP contribution in [0.25, 0.3) is 11.0 Å². The van der Waals surface area contributed by atoms with Crippen LogP contribution < -0.4 is 0 Å². The summed E-state index contributed by atoms with van der Waals surface area (Å²) in [5.74, 6) is 1.23. The van der Waals surface area contributed by atoms with Gasteiger partial charge in [0.1, 0.15) is 11.9 Å². The van der Waals surface area contributed by atoms with Gasteiger partial charge < -0.3 is 15.0 Å². The maximum Gasteiger partial charge on any atom is 0.251 e. The third kappa shape index (κ3) is 3.52. The summed E-state index contributed by atoms with van der Waals surface area (Å²) in [4.78, 5) is 21.1. The van der Waals surface area contributed by atoms with Crippen LogP contribution in [0, 0.1) is 0 Å². The average molecular weight is 293 g/mol. The molecule has 1 unspecified atom stereocenters. The van der Waals surface area contributed by atoms with Crippen molar-refractivity contribution in [3.05, 3.63) is 30.1 Å². The Labute approximate surface area is 122 Å². The van der Waals surface area contributed by atoms with Gasteiger partial charge in [-0.25, -0.2) is 4.98 Å². The highest BCUT2D eigenvalue weighted by atomic mass is 32.2. The zero-order valence-electron chi connectivity index (χ0n) is 11.7. The predicted molar refractivity (Wildman–Crippen MR) is 81.6 cm³/mol. The summed E-state index contributed by atoms with van der Waals surface area (Å²) in [7, 11) is 1.68. The van der Waals surface area contributed by atoms with E-state index in [0.29, 0.717) is 13.0 Å². The highest BCUT2D eigenvalue weighted by Gasteiger charge is 2.19. The molecule has 0 bridgehead atoms. The minimum absolute atomic E-state index is 0.264. The number of nitrogens with one attached hydrogen (secondary N) is 1. The summed E-state index contributed by atoms with van der Waals surface area (Å²) in [6.07, 6.45) is 1.50. The number of imidazole rings is 1. The van der Waals surface area contributed by atoms with Gasteiger partial charge in [-0.15, -0.1) is 0 Å². The zero-order valence-corrected chi connectivity index (χ0v) is 12.5. The number of hydrogen-bond acceptors (Lipinski definition) is 4. The summed E-state index contributed by atoms with van der Waals surface area (Å²) >= 11 is 1.62. The number of H-pyrrole nitrogens is 1. The molecule has 0 saturated carbocycles. The molecule has 0 saturated heterocycles. The fraction of sp³-hybridized carbons (Fsp3) is 0.429. The quantitative estimate of drug-likeness (QED) is 0.849. The van der Waals surface area contributed by atoms with Crippen molar-refractivity contribution >= 4 is 28.7 Å². The van der Waals surface area contributed by atoms with Crippen molar-refractivity contribution in [1.82, 2.24) is 14.9 Å². The van der Waals surface area contributed by atoms with Gasteiger partial charge in [-0.1, -0.05) is 12.1 Å². The summed E-state index contributed by atoms with van der Waals surface area (Å²) in [5, 5.41) is 9.80. The molecule has 0 aliphatic carbocycles. The van der Waals surface area contributed by atoms with Gasteiger partial charge in [-0.05, 0) is 30.6 Å². The first-order valence-corrected chi connectivity index (χ1v) is 7.87. The standard InChI is InChI=1S/C14H19N3O2S/c1-17(14(19)12(18)7-8-20-2)9-13-15-10-5-3-4-6-11(10)16-13/h3-6,12,18H,7-9H2,1-2H3,(H,15,16). The van der Waals surface area contributed by atoms with E-state index in [4.69, 9.17) is 0 Å². The molecule has 1 aromatic heterocycles. The van der Waals surface area contributed by atoms with E-state index in [1.54, 1.807) is 18.8 Å². The Morgan fingerprint density at radius 1 is 1.50 bits per heavy atom. The van der Waals surface area contributed by atoms with Crippen LogP contribution in [0.2, 0.25) is 0 Å². The van der Waals surface area contributed by atoms with E-state index >= 15 is 0 Å². The fourth-order valence-corrected chi connectivity index (χ4v) is 2.45. The molecular weight excluding hydrogens is 274 g/mol. The Morgan fingerprint density at radius 3 is 2.95 bits per heavy atom. The zero-order chi connectivity index (χ0) is 14.5. The Kier molecular flexibility index (Phi) is 5.03. The van der Waals surface area contributed by atoms with Gasteiger partial charge in [0.05, 0.1) is 17.6 Å². The molecule has 108 valence electrons. The van der Waals surface area contributed by atoms with Gasteiger partial charge in [0.2, 0.25) is 0 Å². The smallest absolute Gasteiger partial charge is 0.251 e. The number of carbonyl (C=O) groups excluding carboxylic acids is 1. The summed E-state index contributed by atoms with van der Waals surface area (Å²) < 4.78 is 0. The first-order valence-electron chi connectivity index (χ1n) is 6.47. The number of fused-ring (bicyclic) bond motifs is 1. The largest absolute Gasteiger partial charge is 0.383 e. The van der Waals surface area contributed by atoms with Crippen molar-refractivity contribution in [2.45, 2.75) is 19.1 Å². The number of aliphatic hydroxyl groups excluding tert-OH is 1. The molecule has 0 radical (unpaired) electrons. The number of aliphatic hydroxyl groups is 1. The molecule has 1 aromatic carbocycles. The van der Waals surface area contributed by atoms with Crippen molar-refractivity contribution < 1.29 is 9.90 Å². The normalized spacial score (nSPS) is 12.6. The van der Waals surface area contributed by atoms with Crippen molar-refractivity contribution in [2.75, 3.05) is 19.1 Å². The molecular formula is C14H19N3O2S. The topological polar surface area (TPSA) is 69.2 Å². The van der Waals surface area contributed by atoms with Crippen LogP contribution in [-0.2, 0) is 11.3 Å². The van der Waals surface area contributed by atoms with Gasteiger partial charge in [0.15, 0.2) is 0 Å². The molecule has 5 nitrogen and oxygen atoms in total. The van der Waals surface area contributed by atoms with Gasteiger partial charge in [0, 0.05) is 7.05 Å². The number of thioether (sulfide) groups is 1. The van der Waals surface area contributed by atoms with Crippen LogP contribution in [0.15, 0.2) is 24.3 Å². The lowest BCUT2D eigenvalue weighted by Gasteiger charge is -2.19. The van der Waals surface area contributed by atoms with E-state index in [1.807, 2.05) is 30.5 Å². The second kappa shape index (κ2) is 6.76. The highest BCUT2D eigenvalue weighted by Crippen LogP contribution is 2.12. The predicted octanol–water partition coefficient (Wildman–Crippen LogP) is 1.64. The Hall–Kier alpha value is -1.53. The lowest BCUT2D eigenvalue weighted by atomic mass is 10.2. The van der Waals surface area contributed by atoms with Crippen molar-refractivity contribution in [2.24, 2.45) is 0 Å². The second-order valence-corrected chi connectivity index (χ2v) is 5.68. The number of aromatic amines is 1. The molecule has 0 fully saturated rings. The van der Waals surface area contributed by atoms with E-state index in [9.17, 15) is 9.90 Å². The van der Waals surface area contributed by atoms with Crippen LogP contribution in [-0.4, -0.2) is 51.0 Å². The number of likely N-dealkylation sites (N-methyl/N-ethyl adjacent to an activating group) is 1. The average Bonchev–Trinajstić information content (AvgIpc) is 2.85. The summed E-state index contributed by atoms with van der Waals surface area (Å²) in [6.45, 7) is 0.365. The number of nitrogens with zero attached hydrogens (tertiary/aromatic N) is 2. The van der Waals surface area contributed by atoms with Gasteiger partial charge >= 0.3 is 0 Å². The summed E-state index contributed by atoms with van der Waals surface area (Å²) in [5.41, 5.74) is 1.83. The highest BCUT2D eigenvalue weighted by molar-refractivity contribution is 7.98. The lowest BCUT2D eigenvalue weighted by Crippen LogP contribution is -2.36. The van der Waals surface area contributed by atoms with Crippen LogP contribution in [0.4, 0.5) is 0 Å². The maximum absolute atomic E-state index is 12.0. The van der Waals surface area contributed by atoms with Crippen molar-refractivity contribution in [1.29, 1.82) is 0 Å². The number of carbonyl (C=O) groups is 1. The third-order valence-corrected chi connectivity index (χ3v) is 3.73. The molecule has 0 aliphatic rings. The molecule has 2 rings (SSSR count). The molecule has 1 amide bonds. The maximum atomic E-state index is 12.0. The summed E-state index contributed by atoms with van der Waals surface area (Å²) in [6, 6.07) is 7.73. The first kappa shape index (κ1) is 14.9. The number of benzene rings is 1. The monoisotopic (exact) mass is 293 g/mol. The molecule has 0 spiro atoms. The number of hydrogen-bond donors (Lipinski definition) is 2. The number of para-hydroxylation sites is 2. The second-order valence-electron chi connectivity index (χ2n) is 4.69. The lowest BCUT2D eigenvalue weighted by molar-refractivity contribution is -0.139. The Bertz CT molecular complexity index is 552. The molecule has 0 aliphatic heterocycles. The van der Waals surface area contributed by atoms with E-state index in [-0.39, 0.29) is 5.91 Å². The van der Waals surface area contributed by atoms with E-state index in [1.165, 1.54) is 4.90 Å². The van der Waals surface area contributed by atoms with Gasteiger partial charge in [-0.2, -0.15) is 11.8 Å². The van der Waals surface area contributed by atoms with E-state index in [2.05, 4.69) is 9.97 Å². The van der Waals surface area contributed by atoms with E-state index < -0.39 is 6.10 Å². The van der Waals surface area contributed by atoms with Crippen LogP contribution in [0.3, 0.4) is 0 Å². The minimum atomic E-state index is -0.933. The Balaban J connectivity index is 1.99. The van der Waals surface area contributed by atoms with Crippen LogP contribution in [0.1, 0.15) is 12.2 Å². The SMILES string of the molecule is CSCCC(O)C(=O)N(C)Cc1nc2ccccc2[nH]1.